The maximum atomic E-state index is 11.1. The van der Waals surface area contributed by atoms with Gasteiger partial charge in [-0.1, -0.05) is 0 Å². The summed E-state index contributed by atoms with van der Waals surface area (Å²) in [4.78, 5) is 17.6. The summed E-state index contributed by atoms with van der Waals surface area (Å²) in [6.45, 7) is 0. The first kappa shape index (κ1) is 14.7. The van der Waals surface area contributed by atoms with E-state index in [1.807, 2.05) is 0 Å². The van der Waals surface area contributed by atoms with Gasteiger partial charge in [0.05, 0.1) is 22.2 Å². The van der Waals surface area contributed by atoms with Gasteiger partial charge in [0, 0.05) is 24.2 Å². The second kappa shape index (κ2) is 5.21. The Morgan fingerprint density at radius 3 is 2.73 bits per heavy atom. The fourth-order valence-electron chi connectivity index (χ4n) is 2.51. The number of imidazole rings is 1. The minimum absolute atomic E-state index is 0.00348. The number of nitrogens with zero attached hydrogens (tertiary/aromatic N) is 2. The van der Waals surface area contributed by atoms with Crippen molar-refractivity contribution in [2.45, 2.75) is 24.9 Å². The van der Waals surface area contributed by atoms with E-state index >= 15 is 0 Å². The average Bonchev–Trinajstić information content (AvgIpc) is 2.75. The highest BCUT2D eigenvalue weighted by Gasteiger charge is 2.31. The van der Waals surface area contributed by atoms with E-state index in [-0.39, 0.29) is 17.8 Å². The summed E-state index contributed by atoms with van der Waals surface area (Å²) in [5.74, 6) is 0.526. The lowest BCUT2D eigenvalue weighted by Gasteiger charge is -2.35. The van der Waals surface area contributed by atoms with E-state index in [4.69, 9.17) is 0 Å². The van der Waals surface area contributed by atoms with Crippen LogP contribution in [0.15, 0.2) is 18.2 Å². The van der Waals surface area contributed by atoms with Crippen LogP contribution in [0.25, 0.3) is 11.0 Å². The van der Waals surface area contributed by atoms with Gasteiger partial charge in [-0.15, -0.1) is 0 Å². The highest BCUT2D eigenvalue weighted by Crippen LogP contribution is 2.26. The molecule has 1 fully saturated rings. The van der Waals surface area contributed by atoms with Crippen LogP contribution in [0.3, 0.4) is 0 Å². The zero-order valence-corrected chi connectivity index (χ0v) is 12.6. The molecule has 0 bridgehead atoms. The second-order valence-electron chi connectivity index (χ2n) is 5.44. The SMILES string of the molecule is CS(=O)(=O)NC1CC(Nc2nc3ccc([N+](=O)[O-])cc3[nH]2)C1. The monoisotopic (exact) mass is 325 g/mol. The van der Waals surface area contributed by atoms with E-state index in [2.05, 4.69) is 20.0 Å². The summed E-state index contributed by atoms with van der Waals surface area (Å²) < 4.78 is 24.7. The molecule has 1 saturated carbocycles. The van der Waals surface area contributed by atoms with Gasteiger partial charge in [-0.05, 0) is 18.9 Å². The average molecular weight is 325 g/mol. The Hall–Kier alpha value is -2.20. The summed E-state index contributed by atoms with van der Waals surface area (Å²) in [6.07, 6.45) is 2.48. The van der Waals surface area contributed by atoms with Gasteiger partial charge in [0.1, 0.15) is 0 Å². The first-order valence-corrected chi connectivity index (χ1v) is 8.57. The highest BCUT2D eigenvalue weighted by atomic mass is 32.2. The third-order valence-corrected chi connectivity index (χ3v) is 4.30. The number of non-ortho nitro benzene ring substituents is 1. The molecule has 0 saturated heterocycles. The third kappa shape index (κ3) is 3.17. The number of benzene rings is 1. The number of rotatable bonds is 5. The van der Waals surface area contributed by atoms with Crippen molar-refractivity contribution in [3.63, 3.8) is 0 Å². The van der Waals surface area contributed by atoms with Crippen LogP contribution >= 0.6 is 0 Å². The zero-order chi connectivity index (χ0) is 15.9. The topological polar surface area (TPSA) is 130 Å². The van der Waals surface area contributed by atoms with E-state index < -0.39 is 14.9 Å². The van der Waals surface area contributed by atoms with Gasteiger partial charge in [-0.25, -0.2) is 18.1 Å². The summed E-state index contributed by atoms with van der Waals surface area (Å²) in [7, 11) is -3.18. The number of fused-ring (bicyclic) bond motifs is 1. The van der Waals surface area contributed by atoms with Gasteiger partial charge in [-0.2, -0.15) is 0 Å². The van der Waals surface area contributed by atoms with Crippen molar-refractivity contribution >= 4 is 32.7 Å². The molecule has 10 heteroatoms. The molecule has 22 heavy (non-hydrogen) atoms. The molecule has 1 aliphatic rings. The molecule has 0 aliphatic heterocycles. The molecule has 0 spiro atoms. The largest absolute Gasteiger partial charge is 0.353 e. The van der Waals surface area contributed by atoms with Crippen molar-refractivity contribution in [3.8, 4) is 0 Å². The van der Waals surface area contributed by atoms with Gasteiger partial charge in [0.25, 0.3) is 5.69 Å². The standard InChI is InChI=1S/C12H15N5O4S/c1-22(20,21)16-8-4-7(5-8)13-12-14-10-3-2-9(17(18)19)6-11(10)15-12/h2-3,6-8,16H,4-5H2,1H3,(H2,13,14,15). The molecule has 2 aromatic rings. The quantitative estimate of drug-likeness (QED) is 0.554. The van der Waals surface area contributed by atoms with Crippen LogP contribution in [0, 0.1) is 10.1 Å². The molecular formula is C12H15N5O4S. The van der Waals surface area contributed by atoms with Crippen molar-refractivity contribution in [1.29, 1.82) is 0 Å². The van der Waals surface area contributed by atoms with Gasteiger partial charge >= 0.3 is 0 Å². The molecule has 3 rings (SSSR count). The number of hydrogen-bond donors (Lipinski definition) is 3. The van der Waals surface area contributed by atoms with Crippen molar-refractivity contribution in [2.75, 3.05) is 11.6 Å². The molecular weight excluding hydrogens is 310 g/mol. The lowest BCUT2D eigenvalue weighted by molar-refractivity contribution is -0.384. The van der Waals surface area contributed by atoms with Gasteiger partial charge in [0.2, 0.25) is 16.0 Å². The molecule has 0 atom stereocenters. The Labute approximate surface area is 126 Å². The lowest BCUT2D eigenvalue weighted by Crippen LogP contribution is -2.49. The van der Waals surface area contributed by atoms with Crippen LogP contribution in [0.5, 0.6) is 0 Å². The highest BCUT2D eigenvalue weighted by molar-refractivity contribution is 7.88. The van der Waals surface area contributed by atoms with E-state index in [1.54, 1.807) is 6.07 Å². The predicted octanol–water partition coefficient (Wildman–Crippen LogP) is 0.963. The Morgan fingerprint density at radius 1 is 1.36 bits per heavy atom. The summed E-state index contributed by atoms with van der Waals surface area (Å²) in [5, 5.41) is 13.9. The Kier molecular flexibility index (Phi) is 3.49. The predicted molar refractivity (Wildman–Crippen MR) is 81.2 cm³/mol. The van der Waals surface area contributed by atoms with E-state index in [9.17, 15) is 18.5 Å². The molecule has 0 amide bonds. The number of anilines is 1. The Morgan fingerprint density at radius 2 is 2.09 bits per heavy atom. The number of nitro groups is 1. The van der Waals surface area contributed by atoms with Crippen LogP contribution in [-0.4, -0.2) is 41.6 Å². The smallest absolute Gasteiger partial charge is 0.271 e. The lowest BCUT2D eigenvalue weighted by atomic mass is 9.88. The molecule has 3 N–H and O–H groups in total. The van der Waals surface area contributed by atoms with E-state index in [0.29, 0.717) is 29.8 Å². The fraction of sp³-hybridized carbons (Fsp3) is 0.417. The van der Waals surface area contributed by atoms with Gasteiger partial charge in [0.15, 0.2) is 0 Å². The number of nitro benzene ring substituents is 1. The van der Waals surface area contributed by atoms with Crippen molar-refractivity contribution in [2.24, 2.45) is 0 Å². The first-order valence-electron chi connectivity index (χ1n) is 6.68. The number of sulfonamides is 1. The minimum atomic E-state index is -3.18. The van der Waals surface area contributed by atoms with Crippen LogP contribution in [0.4, 0.5) is 11.6 Å². The number of H-pyrrole nitrogens is 1. The van der Waals surface area contributed by atoms with Crippen LogP contribution in [-0.2, 0) is 10.0 Å². The molecule has 9 nitrogen and oxygen atoms in total. The maximum Gasteiger partial charge on any atom is 0.271 e. The van der Waals surface area contributed by atoms with Crippen molar-refractivity contribution < 1.29 is 13.3 Å². The minimum Gasteiger partial charge on any atom is -0.353 e. The molecule has 1 aromatic carbocycles. The Balaban J connectivity index is 1.65. The Bertz CT molecular complexity index is 825. The van der Waals surface area contributed by atoms with Crippen molar-refractivity contribution in [3.05, 3.63) is 28.3 Å². The first-order chi connectivity index (χ1) is 10.3. The second-order valence-corrected chi connectivity index (χ2v) is 7.22. The van der Waals surface area contributed by atoms with Gasteiger partial charge in [-0.3, -0.25) is 10.1 Å². The van der Waals surface area contributed by atoms with Gasteiger partial charge < -0.3 is 10.3 Å². The number of aromatic nitrogens is 2. The molecule has 118 valence electrons. The molecule has 0 radical (unpaired) electrons. The molecule has 0 unspecified atom stereocenters. The number of nitrogens with one attached hydrogen (secondary N) is 3. The normalized spacial score (nSPS) is 21.5. The van der Waals surface area contributed by atoms with E-state index in [0.717, 1.165) is 6.26 Å². The van der Waals surface area contributed by atoms with Crippen molar-refractivity contribution in [1.82, 2.24) is 14.7 Å². The molecule has 1 heterocycles. The third-order valence-electron chi connectivity index (χ3n) is 3.54. The zero-order valence-electron chi connectivity index (χ0n) is 11.7. The van der Waals surface area contributed by atoms with Crippen LogP contribution in [0.1, 0.15) is 12.8 Å². The summed E-state index contributed by atoms with van der Waals surface area (Å²) in [5.41, 5.74) is 1.23. The van der Waals surface area contributed by atoms with Crippen LogP contribution < -0.4 is 10.0 Å². The number of hydrogen-bond acceptors (Lipinski definition) is 6. The van der Waals surface area contributed by atoms with E-state index in [1.165, 1.54) is 12.1 Å². The fourth-order valence-corrected chi connectivity index (χ4v) is 3.31. The molecule has 1 aliphatic carbocycles. The maximum absolute atomic E-state index is 11.1. The van der Waals surface area contributed by atoms with Crippen LogP contribution in [0.2, 0.25) is 0 Å². The summed E-state index contributed by atoms with van der Waals surface area (Å²) >= 11 is 0. The number of aromatic amines is 1. The summed E-state index contributed by atoms with van der Waals surface area (Å²) in [6, 6.07) is 4.49. The molecule has 1 aromatic heterocycles.